The van der Waals surface area contributed by atoms with E-state index in [1.165, 1.54) is 172 Å². The monoisotopic (exact) mass is 1600 g/mol. The predicted octanol–water partition coefficient (Wildman–Crippen LogP) is 33.8. The number of pyridine rings is 2. The molecule has 18 aromatic carbocycles. The largest absolute Gasteiger partial charge is 0.256 e. The van der Waals surface area contributed by atoms with Crippen LogP contribution in [0.2, 0.25) is 0 Å². The summed E-state index contributed by atoms with van der Waals surface area (Å²) < 4.78 is 0. The van der Waals surface area contributed by atoms with E-state index in [-0.39, 0.29) is 0 Å². The van der Waals surface area contributed by atoms with Crippen LogP contribution in [0.4, 0.5) is 0 Å². The van der Waals surface area contributed by atoms with Crippen molar-refractivity contribution in [3.63, 3.8) is 0 Å². The molecule has 0 spiro atoms. The van der Waals surface area contributed by atoms with Gasteiger partial charge in [-0.05, 0) is 287 Å². The molecule has 0 radical (unpaired) electrons. The molecule has 0 unspecified atom stereocenters. The minimum atomic E-state index is 0.998. The number of aromatic nitrogens is 2. The first kappa shape index (κ1) is 82.9. The van der Waals surface area contributed by atoms with E-state index in [1.807, 2.05) is 48.8 Å². The number of hydrogen-bond acceptors (Lipinski definition) is 2. The molecule has 0 fully saturated rings. The highest BCUT2D eigenvalue weighted by Gasteiger charge is 2.16. The van der Waals surface area contributed by atoms with Crippen LogP contribution in [0.1, 0.15) is 27.8 Å². The quantitative estimate of drug-likeness (QED) is 0.102. The second kappa shape index (κ2) is 41.0. The van der Waals surface area contributed by atoms with Crippen LogP contribution in [-0.2, 0) is 0 Å². The zero-order valence-electron chi connectivity index (χ0n) is 71.3. The van der Waals surface area contributed by atoms with Gasteiger partial charge >= 0.3 is 0 Å². The third kappa shape index (κ3) is 21.5. The van der Waals surface area contributed by atoms with Gasteiger partial charge in [-0.25, -0.2) is 0 Å². The lowest BCUT2D eigenvalue weighted by molar-refractivity contribution is 1.28. The van der Waals surface area contributed by atoms with E-state index in [0.717, 1.165) is 22.5 Å². The molecule has 0 saturated carbocycles. The van der Waals surface area contributed by atoms with Crippen LogP contribution in [0.25, 0.3) is 167 Å². The molecule has 0 aliphatic rings. The average Bonchev–Trinajstić information content (AvgIpc) is 0.783. The number of hydrogen-bond donors (Lipinski definition) is 0. The molecule has 2 aromatic heterocycles. The van der Waals surface area contributed by atoms with Crippen LogP contribution in [0.3, 0.4) is 0 Å². The van der Waals surface area contributed by atoms with Crippen LogP contribution in [0.5, 0.6) is 0 Å². The highest BCUT2D eigenvalue weighted by Crippen LogP contribution is 2.41. The lowest BCUT2D eigenvalue weighted by Crippen LogP contribution is -1.91. The second-order valence-corrected chi connectivity index (χ2v) is 31.5. The molecule has 125 heavy (non-hydrogen) atoms. The summed E-state index contributed by atoms with van der Waals surface area (Å²) in [7, 11) is 0. The Kier molecular flexibility index (Phi) is 27.2. The van der Waals surface area contributed by atoms with Gasteiger partial charge in [0.2, 0.25) is 0 Å². The third-order valence-electron chi connectivity index (χ3n) is 22.6. The van der Waals surface area contributed by atoms with Crippen molar-refractivity contribution in [1.82, 2.24) is 9.97 Å². The first-order valence-electron chi connectivity index (χ1n) is 42.9. The Labute approximate surface area is 738 Å². The number of aryl methyl sites for hydroxylation is 3. The van der Waals surface area contributed by atoms with Gasteiger partial charge in [0.05, 0.1) is 11.4 Å². The van der Waals surface area contributed by atoms with Crippen LogP contribution in [0, 0.1) is 34.6 Å². The minimum Gasteiger partial charge on any atom is -0.256 e. The van der Waals surface area contributed by atoms with E-state index < -0.39 is 0 Å². The molecular formula is C123H98N2. The summed E-state index contributed by atoms with van der Waals surface area (Å²) in [4.78, 5) is 8.85. The minimum absolute atomic E-state index is 0.998. The fraction of sp³-hybridized carbons (Fsp3) is 0.0407. The van der Waals surface area contributed by atoms with Gasteiger partial charge in [0.25, 0.3) is 0 Å². The van der Waals surface area contributed by atoms with Gasteiger partial charge < -0.3 is 0 Å². The van der Waals surface area contributed by atoms with E-state index in [1.54, 1.807) is 0 Å². The highest BCUT2D eigenvalue weighted by atomic mass is 14.7. The molecular weight excluding hydrogens is 1510 g/mol. The van der Waals surface area contributed by atoms with E-state index in [4.69, 9.17) is 0 Å². The van der Waals surface area contributed by atoms with E-state index >= 15 is 0 Å². The van der Waals surface area contributed by atoms with Crippen molar-refractivity contribution in [1.29, 1.82) is 0 Å². The molecule has 2 heterocycles. The van der Waals surface area contributed by atoms with E-state index in [0.29, 0.717) is 0 Å². The van der Waals surface area contributed by atoms with Gasteiger partial charge in [-0.15, -0.1) is 0 Å². The predicted molar refractivity (Wildman–Crippen MR) is 533 cm³/mol. The molecule has 0 saturated heterocycles. The topological polar surface area (TPSA) is 25.8 Å². The molecule has 0 aliphatic heterocycles. The van der Waals surface area contributed by atoms with Gasteiger partial charge in [0.1, 0.15) is 0 Å². The molecule has 600 valence electrons. The highest BCUT2D eigenvalue weighted by molar-refractivity contribution is 5.88. The Morgan fingerprint density at radius 2 is 0.328 bits per heavy atom. The summed E-state index contributed by atoms with van der Waals surface area (Å²) >= 11 is 0. The first-order valence-corrected chi connectivity index (χ1v) is 42.9. The van der Waals surface area contributed by atoms with Crippen molar-refractivity contribution in [2.75, 3.05) is 0 Å². The SMILES string of the molecule is Cc1c(-c2ccccc2)cc(-c2ccccc2)cc1-c1ccccc1.Cc1c(-c2ccccn2)cccc1-c1ccccn1.Cc1cc(-c2cccc(-c3ccccc3)c2)cc(-c2cccc(-c3ccccc3)c2)c1.Cc1ccc(-c2cc(-c3ccccc3)cc(-c3ccccc3)c2)cc1.Cc1cccc(-c2cc(-c3ccccc3)cc(-c3ccccc3)c2)c1. The van der Waals surface area contributed by atoms with Crippen molar-refractivity contribution in [2.24, 2.45) is 0 Å². The van der Waals surface area contributed by atoms with Gasteiger partial charge in [-0.3, -0.25) is 9.97 Å². The summed E-state index contributed by atoms with van der Waals surface area (Å²) in [5.74, 6) is 0. The zero-order chi connectivity index (χ0) is 85.3. The summed E-state index contributed by atoms with van der Waals surface area (Å²) in [5.41, 5.74) is 43.2. The van der Waals surface area contributed by atoms with Crippen molar-refractivity contribution in [3.05, 3.63) is 532 Å². The van der Waals surface area contributed by atoms with Crippen molar-refractivity contribution in [2.45, 2.75) is 34.6 Å². The Morgan fingerprint density at radius 3 is 0.632 bits per heavy atom. The standard InChI is InChI=1S/C31H24.3C25H20.C17H14N2/c1-23-18-30(28-16-8-14-26(20-28)24-10-4-2-5-11-24)22-31(19-23)29-17-9-15-27(21-29)25-12-6-3-7-13-25;1-19-24(21-13-7-3-8-14-21)17-23(20-11-5-2-6-12-20)18-25(19)22-15-9-4-10-16-22;1-19-9-8-14-22(15-19)25-17-23(20-10-4-2-5-11-20)16-24(18-25)21-12-6-3-7-13-21;1-19-12-14-22(15-13-19)25-17-23(20-8-4-2-5-9-20)16-24(18-25)21-10-6-3-7-11-21;1-13-14(16-9-2-4-11-18-16)7-6-8-15(13)17-10-3-5-12-19-17/h2-22H,1H3;3*2-18H,1H3;2-12H,1H3. The van der Waals surface area contributed by atoms with Crippen molar-refractivity contribution < 1.29 is 0 Å². The maximum Gasteiger partial charge on any atom is 0.0704 e. The lowest BCUT2D eigenvalue weighted by Gasteiger charge is -2.16. The molecule has 0 amide bonds. The summed E-state index contributed by atoms with van der Waals surface area (Å²) in [5, 5.41) is 0. The third-order valence-corrected chi connectivity index (χ3v) is 22.6. The Bertz CT molecular complexity index is 6510. The van der Waals surface area contributed by atoms with Crippen LogP contribution < -0.4 is 0 Å². The number of nitrogens with zero attached hydrogens (tertiary/aromatic N) is 2. The molecule has 0 bridgehead atoms. The molecule has 20 aromatic rings. The van der Waals surface area contributed by atoms with Gasteiger partial charge in [-0.2, -0.15) is 0 Å². The summed E-state index contributed by atoms with van der Waals surface area (Å²) in [6, 6.07) is 174. The Balaban J connectivity index is 0.000000116. The summed E-state index contributed by atoms with van der Waals surface area (Å²) in [6.07, 6.45) is 3.64. The second-order valence-electron chi connectivity index (χ2n) is 31.5. The first-order chi connectivity index (χ1) is 61.5. The van der Waals surface area contributed by atoms with Gasteiger partial charge in [-0.1, -0.05) is 412 Å². The maximum atomic E-state index is 4.42. The number of rotatable bonds is 15. The fourth-order valence-electron chi connectivity index (χ4n) is 16.1. The summed E-state index contributed by atoms with van der Waals surface area (Å²) in [6.45, 7) is 10.8. The smallest absolute Gasteiger partial charge is 0.0704 e. The maximum absolute atomic E-state index is 4.42. The van der Waals surface area contributed by atoms with Crippen LogP contribution >= 0.6 is 0 Å². The van der Waals surface area contributed by atoms with Gasteiger partial charge in [0, 0.05) is 23.5 Å². The van der Waals surface area contributed by atoms with E-state index in [2.05, 4.69) is 500 Å². The normalized spacial score (nSPS) is 10.6. The molecule has 20 rings (SSSR count). The fourth-order valence-corrected chi connectivity index (χ4v) is 16.1. The van der Waals surface area contributed by atoms with Crippen LogP contribution in [0.15, 0.2) is 504 Å². The Morgan fingerprint density at radius 1 is 0.120 bits per heavy atom. The number of benzene rings is 18. The molecule has 0 aliphatic carbocycles. The molecule has 0 N–H and O–H groups in total. The molecule has 0 atom stereocenters. The van der Waals surface area contributed by atoms with Crippen LogP contribution in [-0.4, -0.2) is 9.97 Å². The molecule has 2 nitrogen and oxygen atoms in total. The zero-order valence-corrected chi connectivity index (χ0v) is 71.3. The molecule has 2 heteroatoms. The van der Waals surface area contributed by atoms with Gasteiger partial charge in [0.15, 0.2) is 0 Å². The lowest BCUT2D eigenvalue weighted by atomic mass is 9.88. The van der Waals surface area contributed by atoms with Crippen molar-refractivity contribution in [3.8, 4) is 167 Å². The average molecular weight is 1600 g/mol. The van der Waals surface area contributed by atoms with Crippen molar-refractivity contribution >= 4 is 0 Å². The Hall–Kier alpha value is -15.7. The van der Waals surface area contributed by atoms with E-state index in [9.17, 15) is 0 Å².